The monoisotopic (exact) mass is 478 g/mol. The molecule has 0 fully saturated rings. The molecule has 9 heteroatoms. The molecule has 3 N–H and O–H groups in total. The second kappa shape index (κ2) is 9.44. The lowest BCUT2D eigenvalue weighted by atomic mass is 10.1. The van der Waals surface area contributed by atoms with Gasteiger partial charge in [-0.2, -0.15) is 0 Å². The van der Waals surface area contributed by atoms with E-state index in [1.807, 2.05) is 48.9 Å². The Labute approximate surface area is 201 Å². The molecule has 0 aliphatic heterocycles. The van der Waals surface area contributed by atoms with Crippen molar-refractivity contribution in [3.8, 4) is 22.6 Å². The number of aromatic nitrogens is 3. The van der Waals surface area contributed by atoms with Gasteiger partial charge in [-0.1, -0.05) is 24.2 Å². The van der Waals surface area contributed by atoms with E-state index in [1.165, 1.54) is 10.7 Å². The average molecular weight is 479 g/mol. The summed E-state index contributed by atoms with van der Waals surface area (Å²) in [6.45, 7) is 7.86. The smallest absolute Gasteiger partial charge is 0.161 e. The molecule has 0 amide bonds. The summed E-state index contributed by atoms with van der Waals surface area (Å²) in [6.07, 6.45) is 5.39. The minimum Gasteiger partial charge on any atom is -0.494 e. The molecule has 0 spiro atoms. The predicted molar refractivity (Wildman–Crippen MR) is 133 cm³/mol. The number of benzene rings is 2. The number of methoxy groups -OCH3 is 1. The number of aryl methyl sites for hydroxylation is 2. The van der Waals surface area contributed by atoms with Gasteiger partial charge in [-0.15, -0.1) is 0 Å². The van der Waals surface area contributed by atoms with E-state index < -0.39 is 5.82 Å². The van der Waals surface area contributed by atoms with Crippen molar-refractivity contribution in [2.24, 2.45) is 4.99 Å². The van der Waals surface area contributed by atoms with Gasteiger partial charge in [-0.3, -0.25) is 4.68 Å². The van der Waals surface area contributed by atoms with Gasteiger partial charge in [0.05, 0.1) is 29.8 Å². The molecule has 2 aromatic heterocycles. The van der Waals surface area contributed by atoms with Crippen LogP contribution < -0.4 is 21.4 Å². The van der Waals surface area contributed by atoms with Gasteiger partial charge in [0.25, 0.3) is 0 Å². The van der Waals surface area contributed by atoms with Crippen LogP contribution in [0, 0.1) is 19.7 Å². The molecular weight excluding hydrogens is 455 g/mol. The maximum Gasteiger partial charge on any atom is 0.161 e. The van der Waals surface area contributed by atoms with Crippen molar-refractivity contribution in [1.82, 2.24) is 14.2 Å². The summed E-state index contributed by atoms with van der Waals surface area (Å²) in [4.78, 5) is 8.87. The Morgan fingerprint density at radius 2 is 1.97 bits per heavy atom. The summed E-state index contributed by atoms with van der Waals surface area (Å²) in [5, 5.41) is 3.19. The van der Waals surface area contributed by atoms with Crippen LogP contribution in [0.25, 0.3) is 16.8 Å². The second-order valence-corrected chi connectivity index (χ2v) is 8.19. The van der Waals surface area contributed by atoms with Crippen LogP contribution in [0.2, 0.25) is 5.02 Å². The lowest BCUT2D eigenvalue weighted by molar-refractivity contribution is 0.413. The first-order valence-corrected chi connectivity index (χ1v) is 10.8. The van der Waals surface area contributed by atoms with Gasteiger partial charge in [-0.25, -0.2) is 14.4 Å². The van der Waals surface area contributed by atoms with E-state index in [1.54, 1.807) is 31.8 Å². The number of hydrogen-bond acceptors (Lipinski definition) is 5. The van der Waals surface area contributed by atoms with Gasteiger partial charge in [0.1, 0.15) is 17.4 Å². The van der Waals surface area contributed by atoms with E-state index in [-0.39, 0.29) is 5.02 Å². The molecule has 174 valence electrons. The zero-order valence-corrected chi connectivity index (χ0v) is 19.8. The van der Waals surface area contributed by atoms with E-state index in [4.69, 9.17) is 22.2 Å². The van der Waals surface area contributed by atoms with Gasteiger partial charge < -0.3 is 20.5 Å². The van der Waals surface area contributed by atoms with Gasteiger partial charge in [-0.05, 0) is 55.3 Å². The van der Waals surface area contributed by atoms with Crippen molar-refractivity contribution in [1.29, 1.82) is 0 Å². The van der Waals surface area contributed by atoms with Crippen LogP contribution in [-0.4, -0.2) is 21.3 Å². The van der Waals surface area contributed by atoms with Crippen LogP contribution in [0.4, 0.5) is 10.1 Å². The Bertz CT molecular complexity index is 1460. The third-order valence-corrected chi connectivity index (χ3v) is 5.42. The summed E-state index contributed by atoms with van der Waals surface area (Å²) in [5.41, 5.74) is 5.20. The fourth-order valence-corrected chi connectivity index (χ4v) is 3.77. The standard InChI is InChI=1S/C25H24ClFN6O/c1-15-9-20(18-5-7-22(27)21(26)10-18)25(33(28)12-15)31-17(3)30-19-6-8-23(24(11-19)34-4)32-13-16(2)29-14-32/h5-14,30H,3,28H2,1-2,4H3. The van der Waals surface area contributed by atoms with E-state index in [0.29, 0.717) is 28.2 Å². The number of nitrogen functional groups attached to an aromatic ring is 1. The number of nitrogens with two attached hydrogens (primary N) is 1. The highest BCUT2D eigenvalue weighted by Gasteiger charge is 2.10. The largest absolute Gasteiger partial charge is 0.494 e. The van der Waals surface area contributed by atoms with Gasteiger partial charge >= 0.3 is 0 Å². The molecule has 0 aliphatic carbocycles. The highest BCUT2D eigenvalue weighted by atomic mass is 35.5. The van der Waals surface area contributed by atoms with Crippen LogP contribution in [0.5, 0.6) is 5.75 Å². The summed E-state index contributed by atoms with van der Waals surface area (Å²) >= 11 is 6.00. The third kappa shape index (κ3) is 4.82. The summed E-state index contributed by atoms with van der Waals surface area (Å²) in [7, 11) is 1.61. The highest BCUT2D eigenvalue weighted by molar-refractivity contribution is 6.31. The maximum atomic E-state index is 13.7. The minimum absolute atomic E-state index is 0.0192. The second-order valence-electron chi connectivity index (χ2n) is 7.78. The maximum absolute atomic E-state index is 13.7. The number of pyridine rings is 1. The van der Waals surface area contributed by atoms with Crippen molar-refractivity contribution in [3.05, 3.63) is 101 Å². The number of imidazole rings is 1. The van der Waals surface area contributed by atoms with Gasteiger partial charge in [0.15, 0.2) is 5.49 Å². The summed E-state index contributed by atoms with van der Waals surface area (Å²) < 4.78 is 22.6. The summed E-state index contributed by atoms with van der Waals surface area (Å²) in [5.74, 6) is 6.73. The number of nitrogens with one attached hydrogen (secondary N) is 1. The Hall–Kier alpha value is -4.04. The zero-order valence-electron chi connectivity index (χ0n) is 19.0. The topological polar surface area (TPSA) is 82.4 Å². The summed E-state index contributed by atoms with van der Waals surface area (Å²) in [6, 6.07) is 12.0. The molecule has 4 rings (SSSR count). The predicted octanol–water partition coefficient (Wildman–Crippen LogP) is 4.96. The van der Waals surface area contributed by atoms with Gasteiger partial charge in [0, 0.05) is 29.7 Å². The molecule has 0 atom stereocenters. The van der Waals surface area contributed by atoms with E-state index in [9.17, 15) is 4.39 Å². The van der Waals surface area contributed by atoms with Crippen molar-refractivity contribution in [2.45, 2.75) is 13.8 Å². The molecule has 34 heavy (non-hydrogen) atoms. The van der Waals surface area contributed by atoms with Crippen molar-refractivity contribution in [3.63, 3.8) is 0 Å². The quantitative estimate of drug-likeness (QED) is 0.384. The molecular formula is C25H24ClFN6O. The molecule has 7 nitrogen and oxygen atoms in total. The fourth-order valence-electron chi connectivity index (χ4n) is 3.59. The lowest BCUT2D eigenvalue weighted by Crippen LogP contribution is -2.30. The fraction of sp³-hybridized carbons (Fsp3) is 0.120. The number of hydrogen-bond donors (Lipinski definition) is 2. The first kappa shape index (κ1) is 23.1. The Kier molecular flexibility index (Phi) is 6.43. The number of nitrogens with zero attached hydrogens (tertiary/aromatic N) is 4. The lowest BCUT2D eigenvalue weighted by Gasteiger charge is -2.13. The Morgan fingerprint density at radius 1 is 1.18 bits per heavy atom. The molecule has 0 saturated carbocycles. The molecule has 0 radical (unpaired) electrons. The van der Waals surface area contributed by atoms with E-state index >= 15 is 0 Å². The van der Waals surface area contributed by atoms with Crippen LogP contribution in [0.1, 0.15) is 11.3 Å². The normalized spacial score (nSPS) is 11.5. The molecule has 0 aliphatic rings. The Balaban J connectivity index is 1.69. The molecule has 0 unspecified atom stereocenters. The number of anilines is 1. The van der Waals surface area contributed by atoms with Crippen LogP contribution >= 0.6 is 11.6 Å². The first-order valence-electron chi connectivity index (χ1n) is 10.4. The minimum atomic E-state index is -0.494. The van der Waals surface area contributed by atoms with Crippen LogP contribution in [0.15, 0.2) is 78.6 Å². The van der Waals surface area contributed by atoms with Crippen molar-refractivity contribution in [2.75, 3.05) is 18.3 Å². The van der Waals surface area contributed by atoms with Crippen molar-refractivity contribution < 1.29 is 9.13 Å². The SMILES string of the molecule is C=C(N=c1c(-c2ccc(F)c(Cl)c2)cc(C)cn1N)Nc1ccc(-n2cnc(C)c2)c(OC)c1. The molecule has 2 heterocycles. The highest BCUT2D eigenvalue weighted by Crippen LogP contribution is 2.28. The molecule has 0 bridgehead atoms. The van der Waals surface area contributed by atoms with Crippen molar-refractivity contribution >= 4 is 17.3 Å². The molecule has 0 saturated heterocycles. The van der Waals surface area contributed by atoms with Crippen LogP contribution in [0.3, 0.4) is 0 Å². The van der Waals surface area contributed by atoms with E-state index in [2.05, 4.69) is 21.9 Å². The zero-order chi connectivity index (χ0) is 24.4. The molecule has 4 aromatic rings. The Morgan fingerprint density at radius 3 is 2.65 bits per heavy atom. The van der Waals surface area contributed by atoms with Gasteiger partial charge in [0.2, 0.25) is 0 Å². The van der Waals surface area contributed by atoms with Crippen LogP contribution in [-0.2, 0) is 0 Å². The first-order chi connectivity index (χ1) is 16.2. The number of ether oxygens (including phenoxy) is 1. The average Bonchev–Trinajstić information content (AvgIpc) is 3.23. The number of halogens is 2. The number of rotatable bonds is 6. The van der Waals surface area contributed by atoms with E-state index in [0.717, 1.165) is 22.6 Å². The molecule has 2 aromatic carbocycles. The third-order valence-electron chi connectivity index (χ3n) is 5.13.